The summed E-state index contributed by atoms with van der Waals surface area (Å²) in [7, 11) is 0. The standard InChI is InChI=1S/C3F3O/c4-2(1-7)3(5)6. The molecule has 0 saturated heterocycles. The van der Waals surface area contributed by atoms with Crippen LogP contribution in [0.25, 0.3) is 0 Å². The molecule has 0 aliphatic heterocycles. The number of rotatable bonds is 1. The van der Waals surface area contributed by atoms with Crippen molar-refractivity contribution in [3.05, 3.63) is 11.9 Å². The molecule has 0 amide bonds. The SMILES string of the molecule is O=[C]C(F)=C(F)F. The molecule has 0 saturated carbocycles. The van der Waals surface area contributed by atoms with Crippen molar-refractivity contribution in [1.82, 2.24) is 0 Å². The number of halogens is 3. The van der Waals surface area contributed by atoms with Gasteiger partial charge in [0.1, 0.15) is 0 Å². The van der Waals surface area contributed by atoms with Gasteiger partial charge in [0.2, 0.25) is 5.83 Å². The Hall–Kier alpha value is -0.800. The topological polar surface area (TPSA) is 17.1 Å². The van der Waals surface area contributed by atoms with Crippen LogP contribution in [-0.4, -0.2) is 6.29 Å². The van der Waals surface area contributed by atoms with Crippen LogP contribution in [0.4, 0.5) is 13.2 Å². The second kappa shape index (κ2) is 2.39. The minimum atomic E-state index is -2.63. The molecule has 0 unspecified atom stereocenters. The third kappa shape index (κ3) is 1.97. The minimum absolute atomic E-state index is 0.377. The molecule has 0 heterocycles. The lowest BCUT2D eigenvalue weighted by molar-refractivity contribution is 0.387. The van der Waals surface area contributed by atoms with Crippen LogP contribution in [0, 0.1) is 0 Å². The fraction of sp³-hybridized carbons (Fsp3) is 0. The summed E-state index contributed by atoms with van der Waals surface area (Å²) in [6.07, 6.45) is -2.25. The fourth-order valence-corrected chi connectivity index (χ4v) is 0.0386. The molecule has 0 aliphatic carbocycles. The number of carbonyl (C=O) groups excluding carboxylic acids is 1. The van der Waals surface area contributed by atoms with Crippen molar-refractivity contribution in [2.75, 3.05) is 0 Å². The maximum Gasteiger partial charge on any atom is 0.309 e. The van der Waals surface area contributed by atoms with Crippen molar-refractivity contribution < 1.29 is 18.0 Å². The highest BCUT2D eigenvalue weighted by Crippen LogP contribution is 2.04. The number of hydrogen-bond donors (Lipinski definition) is 0. The van der Waals surface area contributed by atoms with E-state index < -0.39 is 11.9 Å². The van der Waals surface area contributed by atoms with Gasteiger partial charge in [0.25, 0.3) is 6.29 Å². The molecule has 0 aromatic heterocycles. The van der Waals surface area contributed by atoms with Gasteiger partial charge in [0.05, 0.1) is 0 Å². The average Bonchev–Trinajstić information content (AvgIpc) is 1.65. The summed E-state index contributed by atoms with van der Waals surface area (Å²) in [4.78, 5) is 8.91. The van der Waals surface area contributed by atoms with E-state index in [0.717, 1.165) is 0 Å². The van der Waals surface area contributed by atoms with Gasteiger partial charge in [-0.3, -0.25) is 4.79 Å². The normalized spacial score (nSPS) is 7.86. The maximum absolute atomic E-state index is 11.0. The Morgan fingerprint density at radius 3 is 1.71 bits per heavy atom. The van der Waals surface area contributed by atoms with E-state index >= 15 is 0 Å². The van der Waals surface area contributed by atoms with Crippen LogP contribution >= 0.6 is 0 Å². The van der Waals surface area contributed by atoms with Crippen molar-refractivity contribution >= 4 is 6.29 Å². The van der Waals surface area contributed by atoms with E-state index in [0.29, 0.717) is 6.29 Å². The summed E-state index contributed by atoms with van der Waals surface area (Å²) < 4.78 is 32.3. The van der Waals surface area contributed by atoms with E-state index in [-0.39, 0.29) is 0 Å². The second-order valence-electron chi connectivity index (χ2n) is 0.676. The van der Waals surface area contributed by atoms with E-state index in [2.05, 4.69) is 0 Å². The first kappa shape index (κ1) is 6.20. The van der Waals surface area contributed by atoms with Crippen LogP contribution in [-0.2, 0) is 4.79 Å². The average molecular weight is 109 g/mol. The fourth-order valence-electron chi connectivity index (χ4n) is 0.0386. The predicted molar refractivity (Wildman–Crippen MR) is 16.0 cm³/mol. The molecule has 0 atom stereocenters. The van der Waals surface area contributed by atoms with Gasteiger partial charge in [0.15, 0.2) is 0 Å². The van der Waals surface area contributed by atoms with Crippen molar-refractivity contribution in [3.8, 4) is 0 Å². The molecule has 7 heavy (non-hydrogen) atoms. The van der Waals surface area contributed by atoms with Crippen molar-refractivity contribution in [1.29, 1.82) is 0 Å². The van der Waals surface area contributed by atoms with Crippen LogP contribution < -0.4 is 0 Å². The Bertz CT molecular complexity index is 103. The molecule has 1 nitrogen and oxygen atoms in total. The molecule has 1 radical (unpaired) electrons. The Labute approximate surface area is 37.4 Å². The van der Waals surface area contributed by atoms with Gasteiger partial charge in [-0.25, -0.2) is 0 Å². The Kier molecular flexibility index (Phi) is 2.11. The molecule has 0 aromatic rings. The monoisotopic (exact) mass is 109 g/mol. The summed E-state index contributed by atoms with van der Waals surface area (Å²) in [5, 5.41) is 0. The molecule has 0 aliphatic rings. The van der Waals surface area contributed by atoms with E-state index in [9.17, 15) is 13.2 Å². The Morgan fingerprint density at radius 1 is 1.29 bits per heavy atom. The van der Waals surface area contributed by atoms with E-state index in [1.54, 1.807) is 0 Å². The van der Waals surface area contributed by atoms with Gasteiger partial charge in [0, 0.05) is 0 Å². The third-order valence-corrected chi connectivity index (χ3v) is 0.256. The third-order valence-electron chi connectivity index (χ3n) is 0.256. The van der Waals surface area contributed by atoms with E-state index in [4.69, 9.17) is 4.79 Å². The van der Waals surface area contributed by atoms with Crippen LogP contribution in [0.1, 0.15) is 0 Å². The molecular weight excluding hydrogens is 109 g/mol. The summed E-state index contributed by atoms with van der Waals surface area (Å²) in [6, 6.07) is 0. The van der Waals surface area contributed by atoms with Crippen molar-refractivity contribution in [3.63, 3.8) is 0 Å². The quantitative estimate of drug-likeness (QED) is 0.462. The Morgan fingerprint density at radius 2 is 1.71 bits per heavy atom. The highest BCUT2D eigenvalue weighted by molar-refractivity contribution is 5.70. The molecule has 39 valence electrons. The highest BCUT2D eigenvalue weighted by atomic mass is 19.3. The first-order valence-corrected chi connectivity index (χ1v) is 1.27. The zero-order chi connectivity index (χ0) is 5.86. The van der Waals surface area contributed by atoms with Gasteiger partial charge in [-0.2, -0.15) is 13.2 Å². The summed E-state index contributed by atoms with van der Waals surface area (Å²) in [5.41, 5.74) is 0. The lowest BCUT2D eigenvalue weighted by Crippen LogP contribution is -1.72. The van der Waals surface area contributed by atoms with Crippen LogP contribution in [0.3, 0.4) is 0 Å². The lowest BCUT2D eigenvalue weighted by atomic mass is 10.7. The minimum Gasteiger partial charge on any atom is -0.282 e. The van der Waals surface area contributed by atoms with Gasteiger partial charge in [-0.15, -0.1) is 0 Å². The smallest absolute Gasteiger partial charge is 0.282 e. The number of hydrogen-bond acceptors (Lipinski definition) is 1. The van der Waals surface area contributed by atoms with Gasteiger partial charge in [-0.05, 0) is 0 Å². The second-order valence-corrected chi connectivity index (χ2v) is 0.676. The molecule has 0 bridgehead atoms. The van der Waals surface area contributed by atoms with E-state index in [1.807, 2.05) is 0 Å². The zero-order valence-electron chi connectivity index (χ0n) is 3.04. The predicted octanol–water partition coefficient (Wildman–Crippen LogP) is 1.17. The molecule has 0 rings (SSSR count). The summed E-state index contributed by atoms with van der Waals surface area (Å²) >= 11 is 0. The maximum atomic E-state index is 11.0. The molecule has 0 fully saturated rings. The van der Waals surface area contributed by atoms with Crippen LogP contribution in [0.15, 0.2) is 11.9 Å². The number of allylic oxidation sites excluding steroid dienone is 1. The Balaban J connectivity index is 3.98. The van der Waals surface area contributed by atoms with Crippen molar-refractivity contribution in [2.45, 2.75) is 0 Å². The first-order valence-electron chi connectivity index (χ1n) is 1.27. The molecule has 0 spiro atoms. The largest absolute Gasteiger partial charge is 0.309 e. The molecule has 0 aromatic carbocycles. The molecule has 4 heteroatoms. The zero-order valence-corrected chi connectivity index (χ0v) is 3.04. The van der Waals surface area contributed by atoms with Crippen LogP contribution in [0.5, 0.6) is 0 Å². The van der Waals surface area contributed by atoms with Gasteiger partial charge in [-0.1, -0.05) is 0 Å². The van der Waals surface area contributed by atoms with Gasteiger partial charge < -0.3 is 0 Å². The molecule has 0 N–H and O–H groups in total. The van der Waals surface area contributed by atoms with E-state index in [1.165, 1.54) is 0 Å². The van der Waals surface area contributed by atoms with Gasteiger partial charge >= 0.3 is 6.08 Å². The summed E-state index contributed by atoms with van der Waals surface area (Å²) in [6.45, 7) is 0. The summed E-state index contributed by atoms with van der Waals surface area (Å²) in [5.74, 6) is -2.12. The van der Waals surface area contributed by atoms with Crippen LogP contribution in [0.2, 0.25) is 0 Å². The lowest BCUT2D eigenvalue weighted by Gasteiger charge is -1.71. The first-order chi connectivity index (χ1) is 3.18. The van der Waals surface area contributed by atoms with Crippen molar-refractivity contribution in [2.24, 2.45) is 0 Å². The highest BCUT2D eigenvalue weighted by Gasteiger charge is 2.00. The molecular formula is C3F3O.